The second-order valence-electron chi connectivity index (χ2n) is 12.3. The quantitative estimate of drug-likeness (QED) is 0.154. The van der Waals surface area contributed by atoms with Crippen LogP contribution in [0.1, 0.15) is 44.2 Å². The molecule has 3 amide bonds. The number of benzene rings is 2. The number of hydrogen-bond donors (Lipinski definition) is 2. The number of fused-ring (bicyclic) bond motifs is 1. The molecule has 0 saturated carbocycles. The molecule has 10 nitrogen and oxygen atoms in total. The zero-order chi connectivity index (χ0) is 34.6. The molecule has 3 fully saturated rings. The molecule has 0 aliphatic carbocycles. The van der Waals surface area contributed by atoms with Crippen LogP contribution >= 0.6 is 27.5 Å². The first kappa shape index (κ1) is 35.8. The molecule has 2 aromatic rings. The third kappa shape index (κ3) is 6.70. The van der Waals surface area contributed by atoms with Gasteiger partial charge in [-0.1, -0.05) is 76.9 Å². The lowest BCUT2D eigenvalue weighted by molar-refractivity contribution is -0.146. The van der Waals surface area contributed by atoms with Crippen molar-refractivity contribution in [1.82, 2.24) is 10.2 Å². The number of esters is 1. The second-order valence-corrected chi connectivity index (χ2v) is 14.0. The van der Waals surface area contributed by atoms with Crippen LogP contribution in [0.15, 0.2) is 79.9 Å². The molecule has 2 bridgehead atoms. The van der Waals surface area contributed by atoms with Crippen molar-refractivity contribution in [1.29, 1.82) is 0 Å². The van der Waals surface area contributed by atoms with Crippen molar-refractivity contribution in [3.63, 3.8) is 0 Å². The van der Waals surface area contributed by atoms with Gasteiger partial charge in [0.1, 0.15) is 18.2 Å². The summed E-state index contributed by atoms with van der Waals surface area (Å²) in [6.45, 7) is 8.97. The molecule has 3 saturated heterocycles. The molecule has 3 heterocycles. The predicted molar refractivity (Wildman–Crippen MR) is 185 cm³/mol. The summed E-state index contributed by atoms with van der Waals surface area (Å²) in [4.78, 5) is 58.6. The molecule has 1 unspecified atom stereocenters. The van der Waals surface area contributed by atoms with Gasteiger partial charge in [-0.25, -0.2) is 0 Å². The number of likely N-dealkylation sites (tertiary alicyclic amines) is 1. The summed E-state index contributed by atoms with van der Waals surface area (Å²) in [5.41, 5.74) is -0.0689. The maximum Gasteiger partial charge on any atom is 0.306 e. The highest BCUT2D eigenvalue weighted by molar-refractivity contribution is 9.09. The largest absolute Gasteiger partial charge is 0.463 e. The van der Waals surface area contributed by atoms with Crippen molar-refractivity contribution >= 4 is 56.9 Å². The van der Waals surface area contributed by atoms with E-state index in [2.05, 4.69) is 34.4 Å². The molecular weight excluding hydrogens is 702 g/mol. The van der Waals surface area contributed by atoms with Gasteiger partial charge in [-0.2, -0.15) is 0 Å². The molecule has 2 aromatic carbocycles. The SMILES string of the molecule is C=CCCC(=O)OC[C@H](NC(=O)[C@H]1[C@@H]2O[C@@]3(CC2Br)[C@@H]1C(=O)N([C@@H](CC)CO)[C@@H]3C(=O)N(CC=C)c1ccc(Cl)cc1)c1ccccc1. The van der Waals surface area contributed by atoms with Crippen molar-refractivity contribution in [2.24, 2.45) is 11.8 Å². The normalized spacial score (nSPS) is 26.8. The standard InChI is InChI=1S/C36H41BrClN3O7/c1-4-7-13-28(43)47-21-27(22-11-9-8-10-12-22)39-33(44)29-30-34(45)41(24(6-3)20-42)32(36(30)19-26(37)31(29)48-36)35(46)40(18-5-2)25-16-14-23(38)15-17-25/h4-5,8-12,14-17,24,26-27,29-32,42H,1-2,6-7,13,18-21H2,3H3,(H,39,44)/t24-,26?,27-,29+,30-,31+,32+,36-/m0/s1. The first-order chi connectivity index (χ1) is 23.1. The van der Waals surface area contributed by atoms with Crippen LogP contribution in [-0.2, 0) is 28.7 Å². The van der Waals surface area contributed by atoms with Gasteiger partial charge in [-0.3, -0.25) is 19.2 Å². The van der Waals surface area contributed by atoms with E-state index in [0.29, 0.717) is 30.0 Å². The van der Waals surface area contributed by atoms with Crippen LogP contribution in [0, 0.1) is 11.8 Å². The van der Waals surface area contributed by atoms with Gasteiger partial charge in [0, 0.05) is 28.5 Å². The fraction of sp³-hybridized carbons (Fsp3) is 0.444. The summed E-state index contributed by atoms with van der Waals surface area (Å²) in [5.74, 6) is -3.65. The van der Waals surface area contributed by atoms with Crippen molar-refractivity contribution in [3.8, 4) is 0 Å². The topological polar surface area (TPSA) is 125 Å². The van der Waals surface area contributed by atoms with Gasteiger partial charge < -0.3 is 29.7 Å². The fourth-order valence-electron chi connectivity index (χ4n) is 7.32. The highest BCUT2D eigenvalue weighted by atomic mass is 79.9. The average molecular weight is 743 g/mol. The lowest BCUT2D eigenvalue weighted by Crippen LogP contribution is -2.59. The molecule has 2 N–H and O–H groups in total. The number of aliphatic hydroxyl groups is 1. The minimum Gasteiger partial charge on any atom is -0.463 e. The van der Waals surface area contributed by atoms with E-state index < -0.39 is 65.4 Å². The Morgan fingerprint density at radius 2 is 1.90 bits per heavy atom. The van der Waals surface area contributed by atoms with Gasteiger partial charge >= 0.3 is 5.97 Å². The van der Waals surface area contributed by atoms with E-state index in [1.54, 1.807) is 36.4 Å². The predicted octanol–water partition coefficient (Wildman–Crippen LogP) is 4.74. The molecule has 0 aromatic heterocycles. The molecule has 3 aliphatic rings. The Morgan fingerprint density at radius 1 is 1.19 bits per heavy atom. The van der Waals surface area contributed by atoms with E-state index >= 15 is 0 Å². The number of aliphatic hydroxyl groups excluding tert-OH is 1. The second kappa shape index (κ2) is 15.4. The Morgan fingerprint density at radius 3 is 2.52 bits per heavy atom. The monoisotopic (exact) mass is 741 g/mol. The van der Waals surface area contributed by atoms with Crippen LogP contribution in [0.25, 0.3) is 0 Å². The molecule has 48 heavy (non-hydrogen) atoms. The number of anilines is 1. The van der Waals surface area contributed by atoms with Crippen LogP contribution in [0.2, 0.25) is 5.02 Å². The summed E-state index contributed by atoms with van der Waals surface area (Å²) >= 11 is 9.85. The Hall–Kier alpha value is -3.51. The van der Waals surface area contributed by atoms with Crippen LogP contribution in [0.4, 0.5) is 5.69 Å². The Labute approximate surface area is 294 Å². The summed E-state index contributed by atoms with van der Waals surface area (Å²) < 4.78 is 12.2. The molecule has 1 spiro atoms. The van der Waals surface area contributed by atoms with Gasteiger partial charge in [0.25, 0.3) is 5.91 Å². The molecule has 256 valence electrons. The smallest absolute Gasteiger partial charge is 0.306 e. The molecule has 5 rings (SSSR count). The zero-order valence-electron chi connectivity index (χ0n) is 26.8. The van der Waals surface area contributed by atoms with Crippen molar-refractivity contribution in [2.45, 2.75) is 67.3 Å². The van der Waals surface area contributed by atoms with Gasteiger partial charge in [-0.15, -0.1) is 13.2 Å². The Balaban J connectivity index is 1.50. The van der Waals surface area contributed by atoms with Gasteiger partial charge in [0.2, 0.25) is 11.8 Å². The van der Waals surface area contributed by atoms with E-state index in [1.807, 2.05) is 37.3 Å². The highest BCUT2D eigenvalue weighted by Gasteiger charge is 2.77. The van der Waals surface area contributed by atoms with Crippen molar-refractivity contribution in [3.05, 3.63) is 90.5 Å². The first-order valence-corrected chi connectivity index (χ1v) is 17.5. The summed E-state index contributed by atoms with van der Waals surface area (Å²) in [7, 11) is 0. The fourth-order valence-corrected chi connectivity index (χ4v) is 8.39. The summed E-state index contributed by atoms with van der Waals surface area (Å²) in [6.07, 6.45) is 3.82. The number of carbonyl (C=O) groups is 4. The maximum atomic E-state index is 14.7. The third-order valence-corrected chi connectivity index (χ3v) is 10.6. The average Bonchev–Trinajstić information content (AvgIpc) is 3.69. The number of hydrogen-bond acceptors (Lipinski definition) is 7. The number of carbonyl (C=O) groups excluding carboxylic acids is 4. The molecule has 3 aliphatic heterocycles. The van der Waals surface area contributed by atoms with Gasteiger partial charge in [0.05, 0.1) is 36.6 Å². The lowest BCUT2D eigenvalue weighted by atomic mass is 9.70. The molecule has 0 radical (unpaired) electrons. The number of ether oxygens (including phenoxy) is 2. The summed E-state index contributed by atoms with van der Waals surface area (Å²) in [6, 6.07) is 13.4. The van der Waals surface area contributed by atoms with Crippen LogP contribution < -0.4 is 10.2 Å². The number of allylic oxidation sites excluding steroid dienone is 1. The van der Waals surface area contributed by atoms with E-state index in [4.69, 9.17) is 21.1 Å². The Kier molecular flexibility index (Phi) is 11.5. The van der Waals surface area contributed by atoms with Crippen molar-refractivity contribution < 1.29 is 33.8 Å². The van der Waals surface area contributed by atoms with Gasteiger partial charge in [-0.05, 0) is 49.1 Å². The number of nitrogens with one attached hydrogen (secondary N) is 1. The van der Waals surface area contributed by atoms with Crippen LogP contribution in [-0.4, -0.2) is 82.1 Å². The molecule has 12 heteroatoms. The zero-order valence-corrected chi connectivity index (χ0v) is 29.1. The van der Waals surface area contributed by atoms with Crippen molar-refractivity contribution in [2.75, 3.05) is 24.7 Å². The van der Waals surface area contributed by atoms with Crippen LogP contribution in [0.3, 0.4) is 0 Å². The third-order valence-electron chi connectivity index (χ3n) is 9.54. The number of alkyl halides is 1. The lowest BCUT2D eigenvalue weighted by Gasteiger charge is -2.39. The number of rotatable bonds is 15. The molecule has 8 atom stereocenters. The number of amides is 3. The minimum atomic E-state index is -1.34. The number of halogens is 2. The van der Waals surface area contributed by atoms with Crippen LogP contribution in [0.5, 0.6) is 0 Å². The van der Waals surface area contributed by atoms with E-state index in [1.165, 1.54) is 9.80 Å². The van der Waals surface area contributed by atoms with E-state index in [0.717, 1.165) is 5.56 Å². The first-order valence-electron chi connectivity index (χ1n) is 16.2. The van der Waals surface area contributed by atoms with E-state index in [9.17, 15) is 24.3 Å². The van der Waals surface area contributed by atoms with Gasteiger partial charge in [0.15, 0.2) is 0 Å². The van der Waals surface area contributed by atoms with E-state index in [-0.39, 0.29) is 31.0 Å². The minimum absolute atomic E-state index is 0.112. The maximum absolute atomic E-state index is 14.7. The summed E-state index contributed by atoms with van der Waals surface area (Å²) in [5, 5.41) is 14.0. The Bertz CT molecular complexity index is 1520. The molecular formula is C36H41BrClN3O7. The highest BCUT2D eigenvalue weighted by Crippen LogP contribution is 2.60. The number of nitrogens with zero attached hydrogens (tertiary/aromatic N) is 2.